The quantitative estimate of drug-likeness (QED) is 0.402. The third-order valence-corrected chi connectivity index (χ3v) is 2.93. The smallest absolute Gasteiger partial charge is 0.0326 e. The van der Waals surface area contributed by atoms with Crippen LogP contribution in [0.4, 0.5) is 0 Å². The molecule has 0 amide bonds. The second-order valence-corrected chi connectivity index (χ2v) is 3.59. The monoisotopic (exact) mass is 126 g/mol. The standard InChI is InChI=1S/C7H14N2/c8-9-7-3-1-2-6(4-7)5-7/h6,9H,1-5,8H2. The molecule has 0 aromatic carbocycles. The van der Waals surface area contributed by atoms with E-state index in [-0.39, 0.29) is 0 Å². The fourth-order valence-electron chi connectivity index (χ4n) is 2.37. The molecule has 0 aliphatic heterocycles. The number of hydrazine groups is 1. The molecule has 0 saturated heterocycles. The minimum absolute atomic E-state index is 0.392. The average molecular weight is 126 g/mol. The van der Waals surface area contributed by atoms with Crippen LogP contribution in [0.25, 0.3) is 0 Å². The average Bonchev–Trinajstić information content (AvgIpc) is 1.88. The number of nitrogens with two attached hydrogens (primary N) is 1. The van der Waals surface area contributed by atoms with E-state index in [1.54, 1.807) is 0 Å². The Hall–Kier alpha value is -0.0800. The van der Waals surface area contributed by atoms with Gasteiger partial charge < -0.3 is 0 Å². The van der Waals surface area contributed by atoms with Crippen LogP contribution in [0, 0.1) is 5.92 Å². The predicted molar refractivity (Wildman–Crippen MR) is 36.6 cm³/mol. The third kappa shape index (κ3) is 0.700. The van der Waals surface area contributed by atoms with E-state index < -0.39 is 0 Å². The first-order chi connectivity index (χ1) is 4.35. The van der Waals surface area contributed by atoms with Crippen LogP contribution in [-0.2, 0) is 0 Å². The first kappa shape index (κ1) is 5.69. The van der Waals surface area contributed by atoms with Gasteiger partial charge in [-0.1, -0.05) is 12.8 Å². The van der Waals surface area contributed by atoms with Gasteiger partial charge in [0.15, 0.2) is 0 Å². The number of rotatable bonds is 1. The van der Waals surface area contributed by atoms with Gasteiger partial charge in [0.25, 0.3) is 0 Å². The van der Waals surface area contributed by atoms with Crippen molar-refractivity contribution in [3.8, 4) is 0 Å². The highest BCUT2D eigenvalue weighted by Gasteiger charge is 2.45. The highest BCUT2D eigenvalue weighted by atomic mass is 15.3. The molecule has 0 radical (unpaired) electrons. The molecular weight excluding hydrogens is 112 g/mol. The van der Waals surface area contributed by atoms with Gasteiger partial charge in [0.2, 0.25) is 0 Å². The summed E-state index contributed by atoms with van der Waals surface area (Å²) >= 11 is 0. The van der Waals surface area contributed by atoms with Gasteiger partial charge in [-0.25, -0.2) is 0 Å². The maximum absolute atomic E-state index is 5.43. The van der Waals surface area contributed by atoms with E-state index in [2.05, 4.69) is 5.43 Å². The van der Waals surface area contributed by atoms with Gasteiger partial charge in [-0.15, -0.1) is 0 Å². The maximum Gasteiger partial charge on any atom is 0.0326 e. The molecule has 0 spiro atoms. The van der Waals surface area contributed by atoms with E-state index in [1.807, 2.05) is 0 Å². The number of hydrogen-bond donors (Lipinski definition) is 2. The minimum atomic E-state index is 0.392. The molecule has 3 N–H and O–H groups in total. The van der Waals surface area contributed by atoms with Crippen molar-refractivity contribution in [2.75, 3.05) is 0 Å². The van der Waals surface area contributed by atoms with Crippen molar-refractivity contribution in [1.29, 1.82) is 0 Å². The van der Waals surface area contributed by atoms with Gasteiger partial charge in [0.05, 0.1) is 0 Å². The van der Waals surface area contributed by atoms with Crippen molar-refractivity contribution < 1.29 is 0 Å². The lowest BCUT2D eigenvalue weighted by Gasteiger charge is -2.52. The Morgan fingerprint density at radius 2 is 2.22 bits per heavy atom. The second-order valence-electron chi connectivity index (χ2n) is 3.59. The van der Waals surface area contributed by atoms with Crippen LogP contribution in [0.1, 0.15) is 32.1 Å². The van der Waals surface area contributed by atoms with Crippen molar-refractivity contribution in [3.05, 3.63) is 0 Å². The summed E-state index contributed by atoms with van der Waals surface area (Å²) in [5, 5.41) is 0. The molecule has 3 saturated carbocycles. The Morgan fingerprint density at radius 3 is 2.56 bits per heavy atom. The molecule has 0 aromatic heterocycles. The molecule has 3 rings (SSSR count). The summed E-state index contributed by atoms with van der Waals surface area (Å²) < 4.78 is 0. The van der Waals surface area contributed by atoms with Crippen LogP contribution in [0.15, 0.2) is 0 Å². The lowest BCUT2D eigenvalue weighted by atomic mass is 9.60. The van der Waals surface area contributed by atoms with Crippen molar-refractivity contribution >= 4 is 0 Å². The van der Waals surface area contributed by atoms with Gasteiger partial charge in [-0.05, 0) is 25.2 Å². The minimum Gasteiger partial charge on any atom is -0.271 e. The van der Waals surface area contributed by atoms with Crippen LogP contribution in [-0.4, -0.2) is 5.54 Å². The van der Waals surface area contributed by atoms with E-state index >= 15 is 0 Å². The number of nitrogens with one attached hydrogen (secondary N) is 1. The Morgan fingerprint density at radius 1 is 1.44 bits per heavy atom. The summed E-state index contributed by atoms with van der Waals surface area (Å²) in [5.41, 5.74) is 3.34. The van der Waals surface area contributed by atoms with Crippen LogP contribution in [0.2, 0.25) is 0 Å². The lowest BCUT2D eigenvalue weighted by Crippen LogP contribution is -2.60. The van der Waals surface area contributed by atoms with Crippen LogP contribution in [0.5, 0.6) is 0 Å². The first-order valence-corrected chi connectivity index (χ1v) is 3.82. The van der Waals surface area contributed by atoms with Gasteiger partial charge in [0.1, 0.15) is 0 Å². The third-order valence-electron chi connectivity index (χ3n) is 2.93. The Labute approximate surface area is 55.8 Å². The molecular formula is C7H14N2. The van der Waals surface area contributed by atoms with Gasteiger partial charge in [-0.3, -0.25) is 11.3 Å². The number of hydrogen-bond acceptors (Lipinski definition) is 2. The highest BCUT2D eigenvalue weighted by molar-refractivity contribution is 5.02. The van der Waals surface area contributed by atoms with Crippen molar-refractivity contribution in [1.82, 2.24) is 5.43 Å². The van der Waals surface area contributed by atoms with Gasteiger partial charge >= 0.3 is 0 Å². The predicted octanol–water partition coefficient (Wildman–Crippen LogP) is 0.782. The van der Waals surface area contributed by atoms with Crippen molar-refractivity contribution in [2.24, 2.45) is 11.8 Å². The molecule has 0 heterocycles. The molecule has 0 unspecified atom stereocenters. The topological polar surface area (TPSA) is 38.0 Å². The van der Waals surface area contributed by atoms with Gasteiger partial charge in [-0.2, -0.15) is 0 Å². The van der Waals surface area contributed by atoms with Crippen molar-refractivity contribution in [2.45, 2.75) is 37.6 Å². The van der Waals surface area contributed by atoms with E-state index in [0.717, 1.165) is 5.92 Å². The molecule has 52 valence electrons. The normalized spacial score (nSPS) is 48.3. The van der Waals surface area contributed by atoms with Crippen LogP contribution in [0.3, 0.4) is 0 Å². The SMILES string of the molecule is NNC12CCCC(C1)C2. The van der Waals surface area contributed by atoms with Crippen LogP contribution < -0.4 is 11.3 Å². The zero-order valence-electron chi connectivity index (χ0n) is 5.69. The molecule has 3 aliphatic rings. The molecule has 2 nitrogen and oxygen atoms in total. The molecule has 3 fully saturated rings. The van der Waals surface area contributed by atoms with E-state index in [1.165, 1.54) is 32.1 Å². The Balaban J connectivity index is 2.02. The highest BCUT2D eigenvalue weighted by Crippen LogP contribution is 2.48. The maximum atomic E-state index is 5.43. The second kappa shape index (κ2) is 1.70. The fraction of sp³-hybridized carbons (Fsp3) is 1.00. The molecule has 9 heavy (non-hydrogen) atoms. The fourth-order valence-corrected chi connectivity index (χ4v) is 2.37. The van der Waals surface area contributed by atoms with Gasteiger partial charge in [0, 0.05) is 5.54 Å². The number of fused-ring (bicyclic) bond motifs is 2. The summed E-state index contributed by atoms with van der Waals surface area (Å²) in [6, 6.07) is 0. The lowest BCUT2D eigenvalue weighted by molar-refractivity contribution is 0.0429. The Bertz CT molecular complexity index is 111. The zero-order valence-corrected chi connectivity index (χ0v) is 5.69. The zero-order chi connectivity index (χ0) is 6.32. The molecule has 3 aliphatic carbocycles. The summed E-state index contributed by atoms with van der Waals surface area (Å²) in [7, 11) is 0. The molecule has 2 heteroatoms. The Kier molecular flexibility index (Phi) is 1.08. The molecule has 0 aromatic rings. The summed E-state index contributed by atoms with van der Waals surface area (Å²) in [5.74, 6) is 6.43. The van der Waals surface area contributed by atoms with E-state index in [4.69, 9.17) is 5.84 Å². The van der Waals surface area contributed by atoms with Crippen LogP contribution >= 0.6 is 0 Å². The molecule has 2 bridgehead atoms. The first-order valence-electron chi connectivity index (χ1n) is 3.82. The van der Waals surface area contributed by atoms with Crippen molar-refractivity contribution in [3.63, 3.8) is 0 Å². The summed E-state index contributed by atoms with van der Waals surface area (Å²) in [6.07, 6.45) is 6.81. The summed E-state index contributed by atoms with van der Waals surface area (Å²) in [6.45, 7) is 0. The molecule has 0 atom stereocenters. The van der Waals surface area contributed by atoms with E-state index in [0.29, 0.717) is 5.54 Å². The van der Waals surface area contributed by atoms with E-state index in [9.17, 15) is 0 Å². The largest absolute Gasteiger partial charge is 0.271 e. The summed E-state index contributed by atoms with van der Waals surface area (Å²) in [4.78, 5) is 0.